The normalized spacial score (nSPS) is 20.9. The van der Waals surface area contributed by atoms with Crippen LogP contribution in [-0.4, -0.2) is 41.7 Å². The third kappa shape index (κ3) is 1.98. The lowest BCUT2D eigenvalue weighted by Crippen LogP contribution is -2.34. The fourth-order valence-corrected chi connectivity index (χ4v) is 4.16. The van der Waals surface area contributed by atoms with E-state index in [0.29, 0.717) is 30.8 Å². The molecule has 7 nitrogen and oxygen atoms in total. The van der Waals surface area contributed by atoms with Gasteiger partial charge in [0.15, 0.2) is 0 Å². The minimum absolute atomic E-state index is 0.176. The molecule has 18 heavy (non-hydrogen) atoms. The Morgan fingerprint density at radius 3 is 2.78 bits per heavy atom. The Balaban J connectivity index is 2.46. The summed E-state index contributed by atoms with van der Waals surface area (Å²) >= 11 is 0. The number of H-pyrrole nitrogens is 1. The van der Waals surface area contributed by atoms with Gasteiger partial charge in [0.25, 0.3) is 0 Å². The number of rotatable bonds is 3. The van der Waals surface area contributed by atoms with Crippen molar-refractivity contribution in [2.45, 2.75) is 37.8 Å². The van der Waals surface area contributed by atoms with Gasteiger partial charge in [0.2, 0.25) is 16.1 Å². The zero-order valence-electron chi connectivity index (χ0n) is 10.2. The zero-order chi connectivity index (χ0) is 13.3. The van der Waals surface area contributed by atoms with Crippen molar-refractivity contribution >= 4 is 16.1 Å². The molecule has 0 radical (unpaired) electrons. The number of aliphatic imine (C=N–C) groups is 1. The molecule has 1 aromatic heterocycles. The Kier molecular flexibility index (Phi) is 3.34. The zero-order valence-corrected chi connectivity index (χ0v) is 11.0. The number of aryl methyl sites for hydroxylation is 2. The van der Waals surface area contributed by atoms with Crippen LogP contribution in [0.15, 0.2) is 9.89 Å². The lowest BCUT2D eigenvalue weighted by Gasteiger charge is -2.19. The van der Waals surface area contributed by atoms with E-state index in [0.717, 1.165) is 0 Å². The van der Waals surface area contributed by atoms with Crippen LogP contribution in [0.2, 0.25) is 0 Å². The molecule has 98 valence electrons. The Bertz CT molecular complexity index is 581. The first-order valence-electron chi connectivity index (χ1n) is 5.59. The summed E-state index contributed by atoms with van der Waals surface area (Å²) in [7, 11) is -3.66. The van der Waals surface area contributed by atoms with Crippen LogP contribution in [0.25, 0.3) is 0 Å². The second-order valence-electron chi connectivity index (χ2n) is 4.22. The first-order valence-corrected chi connectivity index (χ1v) is 7.03. The van der Waals surface area contributed by atoms with Crippen LogP contribution in [-0.2, 0) is 14.8 Å². The highest BCUT2D eigenvalue weighted by molar-refractivity contribution is 7.89. The summed E-state index contributed by atoms with van der Waals surface area (Å²) in [6, 6.07) is 0. The lowest BCUT2D eigenvalue weighted by atomic mass is 10.3. The molecule has 0 spiro atoms. The van der Waals surface area contributed by atoms with Gasteiger partial charge in [-0.1, -0.05) is 0 Å². The minimum Gasteiger partial charge on any atom is -0.281 e. The van der Waals surface area contributed by atoms with Crippen LogP contribution in [0.1, 0.15) is 24.2 Å². The Labute approximate surface area is 105 Å². The summed E-state index contributed by atoms with van der Waals surface area (Å²) in [6.07, 6.45) is 2.03. The molecule has 1 aliphatic heterocycles. The molecule has 0 bridgehead atoms. The number of sulfonamides is 1. The van der Waals surface area contributed by atoms with Crippen molar-refractivity contribution in [1.29, 1.82) is 0 Å². The molecule has 2 heterocycles. The molecule has 1 aromatic rings. The van der Waals surface area contributed by atoms with E-state index < -0.39 is 16.2 Å². The van der Waals surface area contributed by atoms with Crippen molar-refractivity contribution in [1.82, 2.24) is 14.5 Å². The molecule has 0 aromatic carbocycles. The summed E-state index contributed by atoms with van der Waals surface area (Å²) in [5.41, 5.74) is 0.918. The van der Waals surface area contributed by atoms with Crippen molar-refractivity contribution in [3.8, 4) is 0 Å². The van der Waals surface area contributed by atoms with Gasteiger partial charge in [-0.15, -0.1) is 0 Å². The van der Waals surface area contributed by atoms with Crippen LogP contribution < -0.4 is 0 Å². The van der Waals surface area contributed by atoms with Gasteiger partial charge in [0.05, 0.1) is 11.4 Å². The molecule has 2 rings (SSSR count). The molecule has 0 aliphatic carbocycles. The van der Waals surface area contributed by atoms with Gasteiger partial charge < -0.3 is 0 Å². The molecule has 1 aliphatic rings. The standard InChI is InChI=1S/C10H14N4O3S/c1-7-10(8(2)13-12-7)18(16,17)14-5-3-4-9(14)11-6-15/h9H,3-5H2,1-2H3,(H,12,13). The molecule has 1 N–H and O–H groups in total. The number of carbonyl (C=O) groups excluding carboxylic acids is 1. The van der Waals surface area contributed by atoms with Crippen LogP contribution in [0.4, 0.5) is 0 Å². The maximum absolute atomic E-state index is 12.5. The van der Waals surface area contributed by atoms with Gasteiger partial charge in [-0.3, -0.25) is 5.10 Å². The molecule has 0 saturated carbocycles. The largest absolute Gasteiger partial charge is 0.281 e. The Morgan fingerprint density at radius 2 is 2.22 bits per heavy atom. The van der Waals surface area contributed by atoms with E-state index in [4.69, 9.17) is 0 Å². The van der Waals surface area contributed by atoms with Gasteiger partial charge in [0.1, 0.15) is 11.1 Å². The molecule has 1 unspecified atom stereocenters. The molecule has 8 heteroatoms. The molecule has 1 atom stereocenters. The van der Waals surface area contributed by atoms with Gasteiger partial charge in [-0.2, -0.15) is 14.4 Å². The first kappa shape index (κ1) is 12.9. The molecular formula is C10H14N4O3S. The van der Waals surface area contributed by atoms with E-state index in [9.17, 15) is 13.2 Å². The van der Waals surface area contributed by atoms with Crippen LogP contribution in [0, 0.1) is 13.8 Å². The van der Waals surface area contributed by atoms with Crippen molar-refractivity contribution in [3.05, 3.63) is 11.4 Å². The average Bonchev–Trinajstić information content (AvgIpc) is 2.87. The number of hydrogen-bond acceptors (Lipinski definition) is 5. The molecule has 1 fully saturated rings. The van der Waals surface area contributed by atoms with Crippen LogP contribution in [0.3, 0.4) is 0 Å². The number of hydrogen-bond donors (Lipinski definition) is 1. The number of nitrogens with zero attached hydrogens (tertiary/aromatic N) is 3. The van der Waals surface area contributed by atoms with E-state index >= 15 is 0 Å². The van der Waals surface area contributed by atoms with Crippen molar-refractivity contribution in [3.63, 3.8) is 0 Å². The molecule has 0 amide bonds. The molecular weight excluding hydrogens is 256 g/mol. The van der Waals surface area contributed by atoms with E-state index in [-0.39, 0.29) is 4.90 Å². The predicted octanol–water partition coefficient (Wildman–Crippen LogP) is 0.473. The average molecular weight is 270 g/mol. The second kappa shape index (κ2) is 4.64. The summed E-state index contributed by atoms with van der Waals surface area (Å²) in [5.74, 6) is 0. The van der Waals surface area contributed by atoms with Gasteiger partial charge in [0, 0.05) is 6.54 Å². The van der Waals surface area contributed by atoms with E-state index in [1.54, 1.807) is 13.8 Å². The predicted molar refractivity (Wildman–Crippen MR) is 63.1 cm³/mol. The van der Waals surface area contributed by atoms with E-state index in [1.807, 2.05) is 0 Å². The quantitative estimate of drug-likeness (QED) is 0.638. The SMILES string of the molecule is Cc1n[nH]c(C)c1S(=O)(=O)N1CCCC1N=C=O. The number of isocyanates is 1. The lowest BCUT2D eigenvalue weighted by molar-refractivity contribution is 0.395. The Hall–Kier alpha value is -1.50. The first-order chi connectivity index (χ1) is 8.48. The fraction of sp³-hybridized carbons (Fsp3) is 0.600. The summed E-state index contributed by atoms with van der Waals surface area (Å²) < 4.78 is 26.2. The smallest absolute Gasteiger partial charge is 0.248 e. The number of aromatic amines is 1. The Morgan fingerprint density at radius 1 is 1.50 bits per heavy atom. The highest BCUT2D eigenvalue weighted by Gasteiger charge is 2.37. The van der Waals surface area contributed by atoms with Crippen molar-refractivity contribution in [2.75, 3.05) is 6.54 Å². The second-order valence-corrected chi connectivity index (χ2v) is 6.05. The number of nitrogens with one attached hydrogen (secondary N) is 1. The van der Waals surface area contributed by atoms with Crippen LogP contribution in [0.5, 0.6) is 0 Å². The monoisotopic (exact) mass is 270 g/mol. The van der Waals surface area contributed by atoms with Gasteiger partial charge in [-0.25, -0.2) is 13.2 Å². The third-order valence-electron chi connectivity index (χ3n) is 3.00. The highest BCUT2D eigenvalue weighted by atomic mass is 32.2. The van der Waals surface area contributed by atoms with Gasteiger partial charge >= 0.3 is 0 Å². The maximum atomic E-state index is 12.5. The highest BCUT2D eigenvalue weighted by Crippen LogP contribution is 2.29. The minimum atomic E-state index is -3.66. The van der Waals surface area contributed by atoms with E-state index in [1.165, 1.54) is 10.4 Å². The summed E-state index contributed by atoms with van der Waals surface area (Å²) in [4.78, 5) is 14.0. The number of aromatic nitrogens is 2. The van der Waals surface area contributed by atoms with Gasteiger partial charge in [-0.05, 0) is 26.7 Å². The summed E-state index contributed by atoms with van der Waals surface area (Å²) in [5, 5.41) is 6.54. The molecule has 1 saturated heterocycles. The summed E-state index contributed by atoms with van der Waals surface area (Å²) in [6.45, 7) is 3.65. The topological polar surface area (TPSA) is 95.5 Å². The fourth-order valence-electron chi connectivity index (χ4n) is 2.23. The van der Waals surface area contributed by atoms with Crippen molar-refractivity contribution in [2.24, 2.45) is 4.99 Å². The van der Waals surface area contributed by atoms with E-state index in [2.05, 4.69) is 15.2 Å². The maximum Gasteiger partial charge on any atom is 0.248 e. The van der Waals surface area contributed by atoms with Crippen molar-refractivity contribution < 1.29 is 13.2 Å². The van der Waals surface area contributed by atoms with Crippen LogP contribution >= 0.6 is 0 Å². The third-order valence-corrected chi connectivity index (χ3v) is 5.16.